The van der Waals surface area contributed by atoms with Gasteiger partial charge in [-0.15, -0.1) is 0 Å². The van der Waals surface area contributed by atoms with Crippen LogP contribution in [0.25, 0.3) is 0 Å². The van der Waals surface area contributed by atoms with Crippen molar-refractivity contribution in [3.8, 4) is 0 Å². The van der Waals surface area contributed by atoms with Gasteiger partial charge in [0.2, 0.25) is 5.91 Å². The summed E-state index contributed by atoms with van der Waals surface area (Å²) in [7, 11) is 1.61. The fourth-order valence-corrected chi connectivity index (χ4v) is 2.42. The molecule has 1 saturated carbocycles. The maximum Gasteiger partial charge on any atom is 0.221 e. The number of thiocarbonyl (C=S) groups is 1. The van der Waals surface area contributed by atoms with Gasteiger partial charge in [-0.25, -0.2) is 0 Å². The summed E-state index contributed by atoms with van der Waals surface area (Å²) in [6.07, 6.45) is 6.71. The molecule has 1 amide bonds. The molecule has 0 radical (unpaired) electrons. The van der Waals surface area contributed by atoms with Gasteiger partial charge in [-0.05, 0) is 25.1 Å². The van der Waals surface area contributed by atoms with Crippen molar-refractivity contribution in [1.82, 2.24) is 16.0 Å². The van der Waals surface area contributed by atoms with Gasteiger partial charge in [0.15, 0.2) is 5.11 Å². The van der Waals surface area contributed by atoms with Crippen LogP contribution in [0.4, 0.5) is 0 Å². The first kappa shape index (κ1) is 16.2. The van der Waals surface area contributed by atoms with E-state index in [2.05, 4.69) is 16.0 Å². The van der Waals surface area contributed by atoms with Crippen molar-refractivity contribution in [2.75, 3.05) is 26.8 Å². The molecule has 110 valence electrons. The van der Waals surface area contributed by atoms with Gasteiger partial charge in [0.25, 0.3) is 0 Å². The summed E-state index contributed by atoms with van der Waals surface area (Å²) in [4.78, 5) is 11.4. The lowest BCUT2D eigenvalue weighted by molar-refractivity contribution is -0.121. The molecule has 0 heterocycles. The van der Waals surface area contributed by atoms with Gasteiger partial charge in [-0.3, -0.25) is 4.79 Å². The molecular formula is C13H25N3O2S. The van der Waals surface area contributed by atoms with E-state index in [1.165, 1.54) is 32.1 Å². The van der Waals surface area contributed by atoms with E-state index in [0.29, 0.717) is 37.3 Å². The molecule has 0 saturated heterocycles. The molecule has 1 aliphatic rings. The van der Waals surface area contributed by atoms with E-state index < -0.39 is 0 Å². The highest BCUT2D eigenvalue weighted by Gasteiger charge is 2.13. The second-order valence-corrected chi connectivity index (χ2v) is 5.24. The summed E-state index contributed by atoms with van der Waals surface area (Å²) in [6.45, 7) is 1.66. The number of hydrogen-bond acceptors (Lipinski definition) is 3. The Hall–Kier alpha value is -0.880. The van der Waals surface area contributed by atoms with E-state index in [-0.39, 0.29) is 5.91 Å². The molecule has 6 heteroatoms. The number of carbonyl (C=O) groups is 1. The molecular weight excluding hydrogens is 262 g/mol. The average Bonchev–Trinajstić information content (AvgIpc) is 2.40. The Morgan fingerprint density at radius 2 is 1.95 bits per heavy atom. The fourth-order valence-electron chi connectivity index (χ4n) is 2.15. The normalized spacial score (nSPS) is 15.8. The summed E-state index contributed by atoms with van der Waals surface area (Å²) in [6, 6.07) is 0.504. The maximum atomic E-state index is 11.4. The quantitative estimate of drug-likeness (QED) is 0.480. The van der Waals surface area contributed by atoms with Crippen LogP contribution in [0.15, 0.2) is 0 Å². The van der Waals surface area contributed by atoms with E-state index in [1.54, 1.807) is 7.11 Å². The van der Waals surface area contributed by atoms with Gasteiger partial charge in [0, 0.05) is 32.7 Å². The van der Waals surface area contributed by atoms with Gasteiger partial charge in [-0.1, -0.05) is 19.3 Å². The lowest BCUT2D eigenvalue weighted by Crippen LogP contribution is -2.43. The monoisotopic (exact) mass is 287 g/mol. The minimum absolute atomic E-state index is 0.0185. The minimum atomic E-state index is 0.0185. The zero-order chi connectivity index (χ0) is 13.9. The number of carbonyl (C=O) groups excluding carboxylic acids is 1. The van der Waals surface area contributed by atoms with E-state index in [1.807, 2.05) is 0 Å². The predicted molar refractivity (Wildman–Crippen MR) is 80.1 cm³/mol. The van der Waals surface area contributed by atoms with E-state index >= 15 is 0 Å². The van der Waals surface area contributed by atoms with Crippen molar-refractivity contribution in [1.29, 1.82) is 0 Å². The van der Waals surface area contributed by atoms with E-state index in [9.17, 15) is 4.79 Å². The Labute approximate surface area is 120 Å². The van der Waals surface area contributed by atoms with Gasteiger partial charge >= 0.3 is 0 Å². The lowest BCUT2D eigenvalue weighted by Gasteiger charge is -2.24. The summed E-state index contributed by atoms with van der Waals surface area (Å²) < 4.78 is 4.86. The molecule has 0 spiro atoms. The number of ether oxygens (including phenoxy) is 1. The molecule has 5 nitrogen and oxygen atoms in total. The van der Waals surface area contributed by atoms with Crippen molar-refractivity contribution < 1.29 is 9.53 Å². The van der Waals surface area contributed by atoms with Gasteiger partial charge in [0.05, 0.1) is 6.61 Å². The number of rotatable bonds is 7. The lowest BCUT2D eigenvalue weighted by atomic mass is 9.96. The van der Waals surface area contributed by atoms with Crippen LogP contribution in [0.5, 0.6) is 0 Å². The second-order valence-electron chi connectivity index (χ2n) is 4.83. The highest BCUT2D eigenvalue weighted by Crippen LogP contribution is 2.17. The van der Waals surface area contributed by atoms with Crippen molar-refractivity contribution in [3.05, 3.63) is 0 Å². The van der Waals surface area contributed by atoms with Crippen LogP contribution in [-0.2, 0) is 9.53 Å². The maximum absolute atomic E-state index is 11.4. The minimum Gasteiger partial charge on any atom is -0.383 e. The summed E-state index contributed by atoms with van der Waals surface area (Å²) in [5, 5.41) is 9.83. The molecule has 19 heavy (non-hydrogen) atoms. The Balaban J connectivity index is 2.01. The number of nitrogens with one attached hydrogen (secondary N) is 3. The third-order valence-electron chi connectivity index (χ3n) is 3.21. The van der Waals surface area contributed by atoms with Gasteiger partial charge < -0.3 is 20.7 Å². The summed E-state index contributed by atoms with van der Waals surface area (Å²) in [5.74, 6) is 0.0185. The van der Waals surface area contributed by atoms with Crippen LogP contribution < -0.4 is 16.0 Å². The highest BCUT2D eigenvalue weighted by atomic mass is 32.1. The molecule has 3 N–H and O–H groups in total. The van der Waals surface area contributed by atoms with Crippen LogP contribution >= 0.6 is 12.2 Å². The standard InChI is InChI=1S/C13H25N3O2S/c1-18-10-9-14-12(17)7-8-15-13(19)16-11-5-3-2-4-6-11/h11H,2-10H2,1H3,(H,14,17)(H2,15,16,19). The average molecular weight is 287 g/mol. The molecule has 0 aliphatic heterocycles. The zero-order valence-electron chi connectivity index (χ0n) is 11.7. The van der Waals surface area contributed by atoms with Crippen LogP contribution in [0.1, 0.15) is 38.5 Å². The highest BCUT2D eigenvalue weighted by molar-refractivity contribution is 7.80. The number of amides is 1. The molecule has 0 aromatic heterocycles. The Bertz CT molecular complexity index is 281. The van der Waals surface area contributed by atoms with E-state index in [4.69, 9.17) is 17.0 Å². The first-order valence-electron chi connectivity index (χ1n) is 7.02. The van der Waals surface area contributed by atoms with E-state index in [0.717, 1.165) is 0 Å². The molecule has 0 bridgehead atoms. The van der Waals surface area contributed by atoms with Crippen molar-refractivity contribution in [2.45, 2.75) is 44.6 Å². The van der Waals surface area contributed by atoms with Crippen LogP contribution in [-0.4, -0.2) is 43.9 Å². The van der Waals surface area contributed by atoms with Gasteiger partial charge in [-0.2, -0.15) is 0 Å². The number of methoxy groups -OCH3 is 1. The topological polar surface area (TPSA) is 62.4 Å². The van der Waals surface area contributed by atoms with Gasteiger partial charge in [0.1, 0.15) is 0 Å². The van der Waals surface area contributed by atoms with Crippen molar-refractivity contribution >= 4 is 23.2 Å². The zero-order valence-corrected chi connectivity index (χ0v) is 12.5. The first-order chi connectivity index (χ1) is 9.22. The molecule has 0 aromatic carbocycles. The Morgan fingerprint density at radius 1 is 1.21 bits per heavy atom. The summed E-state index contributed by atoms with van der Waals surface area (Å²) >= 11 is 5.22. The third-order valence-corrected chi connectivity index (χ3v) is 3.47. The molecule has 0 atom stereocenters. The summed E-state index contributed by atoms with van der Waals surface area (Å²) in [5.41, 5.74) is 0. The largest absolute Gasteiger partial charge is 0.383 e. The second kappa shape index (κ2) is 9.97. The smallest absolute Gasteiger partial charge is 0.221 e. The van der Waals surface area contributed by atoms with Crippen LogP contribution in [0.2, 0.25) is 0 Å². The predicted octanol–water partition coefficient (Wildman–Crippen LogP) is 0.936. The number of hydrogen-bond donors (Lipinski definition) is 3. The van der Waals surface area contributed by atoms with Crippen LogP contribution in [0, 0.1) is 0 Å². The fraction of sp³-hybridized carbons (Fsp3) is 0.846. The SMILES string of the molecule is COCCNC(=O)CCNC(=S)NC1CCCCC1. The van der Waals surface area contributed by atoms with Crippen LogP contribution in [0.3, 0.4) is 0 Å². The van der Waals surface area contributed by atoms with Crippen molar-refractivity contribution in [2.24, 2.45) is 0 Å². The Kier molecular flexibility index (Phi) is 8.49. The molecule has 1 aliphatic carbocycles. The molecule has 1 rings (SSSR count). The first-order valence-corrected chi connectivity index (χ1v) is 7.43. The molecule has 0 unspecified atom stereocenters. The molecule has 1 fully saturated rings. The Morgan fingerprint density at radius 3 is 2.63 bits per heavy atom. The molecule has 0 aromatic rings. The van der Waals surface area contributed by atoms with Crippen molar-refractivity contribution in [3.63, 3.8) is 0 Å². The third kappa shape index (κ3) is 8.00.